The highest BCUT2D eigenvalue weighted by Gasteiger charge is 2.41. The van der Waals surface area contributed by atoms with E-state index >= 15 is 0 Å². The number of rotatable bonds is 10. The molecule has 1 saturated carbocycles. The molecule has 174 valence electrons. The van der Waals surface area contributed by atoms with Crippen LogP contribution in [0.25, 0.3) is 10.7 Å². The van der Waals surface area contributed by atoms with E-state index in [1.807, 2.05) is 0 Å². The number of alkyl halides is 2. The van der Waals surface area contributed by atoms with E-state index in [1.54, 1.807) is 24.4 Å². The molecule has 0 atom stereocenters. The van der Waals surface area contributed by atoms with Crippen LogP contribution in [0, 0.1) is 5.82 Å². The highest BCUT2D eigenvalue weighted by atomic mass is 32.1. The Morgan fingerprint density at radius 2 is 2.06 bits per heavy atom. The Hall–Kier alpha value is -3.12. The molecule has 0 bridgehead atoms. The number of aromatic nitrogens is 4. The van der Waals surface area contributed by atoms with Gasteiger partial charge in [0.2, 0.25) is 6.41 Å². The molecule has 1 aliphatic rings. The standard InChI is InChI=1S/C21H21F3N6O2S/c22-14-3-1-8-25-18(14)20(6-2-7-20)10-27-16-5-4-15(28-29-16)19-26-9-17(33-19)30(13-32)11-21(23,24)12-31/h1,3-5,8-9,13,31H,2,6-7,10-12H2,(H,27,29). The first kappa shape index (κ1) is 23.1. The smallest absolute Gasteiger partial charge is 0.288 e. The molecule has 0 spiro atoms. The summed E-state index contributed by atoms with van der Waals surface area (Å²) in [6, 6.07) is 6.34. The zero-order valence-corrected chi connectivity index (χ0v) is 18.2. The number of nitrogens with zero attached hydrogens (tertiary/aromatic N) is 5. The van der Waals surface area contributed by atoms with Crippen LogP contribution in [0.15, 0.2) is 36.7 Å². The van der Waals surface area contributed by atoms with Crippen molar-refractivity contribution in [2.24, 2.45) is 0 Å². The summed E-state index contributed by atoms with van der Waals surface area (Å²) >= 11 is 1.00. The fourth-order valence-corrected chi connectivity index (χ4v) is 4.51. The maximum atomic E-state index is 14.3. The highest BCUT2D eigenvalue weighted by Crippen LogP contribution is 2.43. The summed E-state index contributed by atoms with van der Waals surface area (Å²) in [5.41, 5.74) is 0.478. The lowest BCUT2D eigenvalue weighted by Crippen LogP contribution is -2.42. The molecule has 1 fully saturated rings. The lowest BCUT2D eigenvalue weighted by atomic mass is 9.66. The van der Waals surface area contributed by atoms with Crippen molar-refractivity contribution in [3.63, 3.8) is 0 Å². The number of thiazole rings is 1. The third kappa shape index (κ3) is 4.96. The zero-order valence-electron chi connectivity index (χ0n) is 17.4. The van der Waals surface area contributed by atoms with Gasteiger partial charge in [-0.3, -0.25) is 14.7 Å². The molecule has 12 heteroatoms. The first-order chi connectivity index (χ1) is 15.9. The number of carbonyl (C=O) groups excluding carboxylic acids is 1. The summed E-state index contributed by atoms with van der Waals surface area (Å²) in [6.07, 6.45) is 5.79. The van der Waals surface area contributed by atoms with Gasteiger partial charge in [0, 0.05) is 18.2 Å². The van der Waals surface area contributed by atoms with Crippen LogP contribution < -0.4 is 10.2 Å². The van der Waals surface area contributed by atoms with Gasteiger partial charge in [-0.05, 0) is 37.1 Å². The number of hydrogen-bond donors (Lipinski definition) is 2. The van der Waals surface area contributed by atoms with E-state index in [1.165, 1.54) is 12.3 Å². The molecule has 4 rings (SSSR count). The molecular weight excluding hydrogens is 457 g/mol. The molecule has 33 heavy (non-hydrogen) atoms. The Morgan fingerprint density at radius 1 is 1.24 bits per heavy atom. The quantitative estimate of drug-likeness (QED) is 0.431. The number of carbonyl (C=O) groups is 1. The molecule has 3 aromatic rings. The molecule has 1 amide bonds. The molecule has 8 nitrogen and oxygen atoms in total. The van der Waals surface area contributed by atoms with Crippen molar-refractivity contribution in [3.8, 4) is 10.7 Å². The van der Waals surface area contributed by atoms with Crippen LogP contribution in [0.1, 0.15) is 25.0 Å². The second-order valence-electron chi connectivity index (χ2n) is 7.88. The van der Waals surface area contributed by atoms with Crippen LogP contribution in [0.4, 0.5) is 24.0 Å². The molecule has 0 radical (unpaired) electrons. The number of aliphatic hydroxyl groups is 1. The van der Waals surface area contributed by atoms with Gasteiger partial charge in [0.05, 0.1) is 18.4 Å². The number of nitrogens with one attached hydrogen (secondary N) is 1. The number of pyridine rings is 1. The highest BCUT2D eigenvalue weighted by molar-refractivity contribution is 7.19. The van der Waals surface area contributed by atoms with Gasteiger partial charge in [0.25, 0.3) is 5.92 Å². The third-order valence-electron chi connectivity index (χ3n) is 5.60. The summed E-state index contributed by atoms with van der Waals surface area (Å²) in [6.45, 7) is -1.86. The van der Waals surface area contributed by atoms with Crippen molar-refractivity contribution < 1.29 is 23.1 Å². The SMILES string of the molecule is O=CN(CC(F)(F)CO)c1cnc(-c2ccc(NCC3(c4ncccc4F)CCC3)nn2)s1. The Kier molecular flexibility index (Phi) is 6.56. The van der Waals surface area contributed by atoms with Gasteiger partial charge in [-0.15, -0.1) is 10.2 Å². The lowest BCUT2D eigenvalue weighted by Gasteiger charge is -2.41. The summed E-state index contributed by atoms with van der Waals surface area (Å²) in [4.78, 5) is 20.4. The second-order valence-corrected chi connectivity index (χ2v) is 8.89. The van der Waals surface area contributed by atoms with E-state index in [2.05, 4.69) is 25.5 Å². The average molecular weight is 479 g/mol. The fraction of sp³-hybridized carbons (Fsp3) is 0.381. The van der Waals surface area contributed by atoms with Crippen molar-refractivity contribution >= 4 is 28.6 Å². The molecule has 3 heterocycles. The minimum Gasteiger partial charge on any atom is -0.390 e. The normalized spacial score (nSPS) is 15.0. The van der Waals surface area contributed by atoms with E-state index in [9.17, 15) is 18.0 Å². The molecular formula is C21H21F3N6O2S. The second kappa shape index (κ2) is 9.40. The summed E-state index contributed by atoms with van der Waals surface area (Å²) < 4.78 is 41.2. The van der Waals surface area contributed by atoms with E-state index in [4.69, 9.17) is 5.11 Å². The van der Waals surface area contributed by atoms with Gasteiger partial charge >= 0.3 is 0 Å². The largest absolute Gasteiger partial charge is 0.390 e. The minimum atomic E-state index is -3.42. The topological polar surface area (TPSA) is 104 Å². The maximum Gasteiger partial charge on any atom is 0.288 e. The maximum absolute atomic E-state index is 14.3. The molecule has 2 N–H and O–H groups in total. The lowest BCUT2D eigenvalue weighted by molar-refractivity contribution is -0.109. The van der Waals surface area contributed by atoms with E-state index in [0.717, 1.165) is 35.5 Å². The Labute approximate surface area is 191 Å². The molecule has 0 unspecified atom stereocenters. The monoisotopic (exact) mass is 478 g/mol. The Morgan fingerprint density at radius 3 is 2.67 bits per heavy atom. The molecule has 0 aromatic carbocycles. The summed E-state index contributed by atoms with van der Waals surface area (Å²) in [5, 5.41) is 20.8. The minimum absolute atomic E-state index is 0.196. The van der Waals surface area contributed by atoms with E-state index in [0.29, 0.717) is 28.8 Å². The van der Waals surface area contributed by atoms with Crippen LogP contribution in [0.5, 0.6) is 0 Å². The molecule has 0 aliphatic heterocycles. The van der Waals surface area contributed by atoms with Gasteiger partial charge in [-0.25, -0.2) is 18.2 Å². The summed E-state index contributed by atoms with van der Waals surface area (Å²) in [5.74, 6) is -3.25. The van der Waals surface area contributed by atoms with Gasteiger partial charge < -0.3 is 10.4 Å². The van der Waals surface area contributed by atoms with E-state index in [-0.39, 0.29) is 22.6 Å². The van der Waals surface area contributed by atoms with Crippen LogP contribution in [-0.2, 0) is 10.2 Å². The van der Waals surface area contributed by atoms with Gasteiger partial charge in [-0.1, -0.05) is 17.8 Å². The number of halogens is 3. The average Bonchev–Trinajstić information content (AvgIpc) is 3.28. The van der Waals surface area contributed by atoms with Crippen LogP contribution >= 0.6 is 11.3 Å². The number of hydrogen-bond acceptors (Lipinski definition) is 8. The third-order valence-corrected chi connectivity index (χ3v) is 6.66. The van der Waals surface area contributed by atoms with Crippen molar-refractivity contribution in [2.45, 2.75) is 30.6 Å². The van der Waals surface area contributed by atoms with Crippen molar-refractivity contribution in [3.05, 3.63) is 48.2 Å². The molecule has 1 aliphatic carbocycles. The van der Waals surface area contributed by atoms with Crippen molar-refractivity contribution in [2.75, 3.05) is 29.9 Å². The van der Waals surface area contributed by atoms with Crippen molar-refractivity contribution in [1.29, 1.82) is 0 Å². The summed E-state index contributed by atoms with van der Waals surface area (Å²) in [7, 11) is 0. The van der Waals surface area contributed by atoms with Crippen molar-refractivity contribution in [1.82, 2.24) is 20.2 Å². The fourth-order valence-electron chi connectivity index (χ4n) is 3.66. The predicted molar refractivity (Wildman–Crippen MR) is 117 cm³/mol. The first-order valence-electron chi connectivity index (χ1n) is 10.2. The number of aliphatic hydroxyl groups excluding tert-OH is 1. The predicted octanol–water partition coefficient (Wildman–Crippen LogP) is 3.26. The van der Waals surface area contributed by atoms with Gasteiger partial charge in [0.15, 0.2) is 0 Å². The molecule has 0 saturated heterocycles. The van der Waals surface area contributed by atoms with Crippen LogP contribution in [0.3, 0.4) is 0 Å². The van der Waals surface area contributed by atoms with E-state index < -0.39 is 19.1 Å². The first-order valence-corrected chi connectivity index (χ1v) is 11.0. The Bertz CT molecular complexity index is 1110. The van der Waals surface area contributed by atoms with Gasteiger partial charge in [0.1, 0.15) is 33.9 Å². The zero-order chi connectivity index (χ0) is 23.5. The molecule has 3 aromatic heterocycles. The van der Waals surface area contributed by atoms with Gasteiger partial charge in [-0.2, -0.15) is 0 Å². The van der Waals surface area contributed by atoms with Crippen LogP contribution in [-0.4, -0.2) is 57.3 Å². The number of anilines is 2. The van der Waals surface area contributed by atoms with Crippen LogP contribution in [0.2, 0.25) is 0 Å². The Balaban J connectivity index is 1.43. The number of amides is 1.